The van der Waals surface area contributed by atoms with E-state index >= 15 is 0 Å². The molecule has 8 heteroatoms. The molecule has 0 saturated heterocycles. The van der Waals surface area contributed by atoms with Crippen LogP contribution in [0.25, 0.3) is 0 Å². The smallest absolute Gasteiger partial charge is 0.407 e. The van der Waals surface area contributed by atoms with Gasteiger partial charge in [-0.3, -0.25) is 0 Å². The Bertz CT molecular complexity index is 229. The second-order valence-electron chi connectivity index (χ2n) is 2.01. The molecule has 0 saturated carbocycles. The summed E-state index contributed by atoms with van der Waals surface area (Å²) in [6.07, 6.45) is -0.960. The number of nitrogens with one attached hydrogen (secondary N) is 1. The average molecular weight is 211 g/mol. The number of carboxylic acids is 1. The topological polar surface area (TPSA) is 113 Å². The lowest BCUT2D eigenvalue weighted by Crippen LogP contribution is -2.44. The number of carbonyl (C=O) groups is 2. The number of hydrogen-bond acceptors (Lipinski definition) is 4. The Morgan fingerprint density at radius 1 is 1.62 bits per heavy atom. The Kier molecular flexibility index (Phi) is 5.00. The van der Waals surface area contributed by atoms with E-state index in [2.05, 4.69) is 4.74 Å². The summed E-state index contributed by atoms with van der Waals surface area (Å²) < 4.78 is 22.7. The fourth-order valence-corrected chi connectivity index (χ4v) is 1.03. The summed E-state index contributed by atoms with van der Waals surface area (Å²) in [6, 6.07) is -1.42. The lowest BCUT2D eigenvalue weighted by Gasteiger charge is -2.10. The zero-order chi connectivity index (χ0) is 10.4. The normalized spacial score (nSPS) is 14.3. The molecule has 0 aromatic heterocycles. The molecule has 1 unspecified atom stereocenters. The van der Waals surface area contributed by atoms with Gasteiger partial charge in [-0.1, -0.05) is 0 Å². The van der Waals surface area contributed by atoms with Gasteiger partial charge in [-0.05, 0) is 0 Å². The molecule has 3 N–H and O–H groups in total. The summed E-state index contributed by atoms with van der Waals surface area (Å²) in [5.41, 5.74) is 0. The van der Waals surface area contributed by atoms with Crippen molar-refractivity contribution in [3.63, 3.8) is 0 Å². The van der Waals surface area contributed by atoms with E-state index in [0.717, 1.165) is 7.11 Å². The average Bonchev–Trinajstić information content (AvgIpc) is 2.02. The maximum Gasteiger partial charge on any atom is 0.407 e. The maximum absolute atomic E-state index is 10.5. The second kappa shape index (κ2) is 5.49. The lowest BCUT2D eigenvalue weighted by molar-refractivity contribution is -0.138. The number of hydrogen-bond donors (Lipinski definition) is 3. The van der Waals surface area contributed by atoms with Crippen LogP contribution in [0.1, 0.15) is 0 Å². The van der Waals surface area contributed by atoms with Crippen molar-refractivity contribution in [2.24, 2.45) is 0 Å². The lowest BCUT2D eigenvalue weighted by atomic mass is 10.3. The molecule has 1 amide bonds. The first kappa shape index (κ1) is 11.8. The Morgan fingerprint density at radius 2 is 2.15 bits per heavy atom. The Balaban J connectivity index is 4.18. The van der Waals surface area contributed by atoms with Gasteiger partial charge in [0.25, 0.3) is 0 Å². The standard InChI is InChI=1S/C5H9NO6S/c1-12-5(9)6-3(4(7)8)2-13(10)11/h3H,2H2,1H3,(H,6,9)(H,7,8)(H,10,11)/t3-/m0/s1. The minimum Gasteiger partial charge on any atom is -0.480 e. The van der Waals surface area contributed by atoms with Crippen molar-refractivity contribution in [3.05, 3.63) is 0 Å². The highest BCUT2D eigenvalue weighted by molar-refractivity contribution is 7.79. The summed E-state index contributed by atoms with van der Waals surface area (Å²) in [6.45, 7) is 0. The number of amides is 1. The van der Waals surface area contributed by atoms with Crippen LogP contribution in [0.15, 0.2) is 0 Å². The first-order valence-corrected chi connectivity index (χ1v) is 4.39. The largest absolute Gasteiger partial charge is 0.480 e. The van der Waals surface area contributed by atoms with E-state index < -0.39 is 34.9 Å². The van der Waals surface area contributed by atoms with E-state index in [4.69, 9.17) is 9.66 Å². The number of alkyl carbamates (subject to hydrolysis) is 1. The minimum atomic E-state index is -2.29. The van der Waals surface area contributed by atoms with Gasteiger partial charge in [0.1, 0.15) is 6.04 Å². The molecule has 76 valence electrons. The van der Waals surface area contributed by atoms with Gasteiger partial charge in [-0.2, -0.15) is 0 Å². The van der Waals surface area contributed by atoms with Crippen LogP contribution in [0.2, 0.25) is 0 Å². The van der Waals surface area contributed by atoms with Gasteiger partial charge in [0.2, 0.25) is 0 Å². The van der Waals surface area contributed by atoms with Crippen LogP contribution in [0.5, 0.6) is 0 Å². The summed E-state index contributed by atoms with van der Waals surface area (Å²) in [5.74, 6) is -1.97. The van der Waals surface area contributed by atoms with E-state index in [-0.39, 0.29) is 0 Å². The summed E-state index contributed by atoms with van der Waals surface area (Å²) >= 11 is -2.29. The molecule has 0 aromatic carbocycles. The third kappa shape index (κ3) is 5.15. The van der Waals surface area contributed by atoms with Crippen LogP contribution in [0, 0.1) is 0 Å². The van der Waals surface area contributed by atoms with E-state index in [9.17, 15) is 13.8 Å². The van der Waals surface area contributed by atoms with Crippen molar-refractivity contribution in [1.29, 1.82) is 0 Å². The zero-order valence-electron chi connectivity index (χ0n) is 6.72. The summed E-state index contributed by atoms with van der Waals surface area (Å²) in [5, 5.41) is 10.3. The molecular formula is C5H9NO6S. The van der Waals surface area contributed by atoms with Crippen LogP contribution in [-0.4, -0.2) is 44.8 Å². The monoisotopic (exact) mass is 211 g/mol. The number of rotatable bonds is 4. The molecule has 0 spiro atoms. The third-order valence-electron chi connectivity index (χ3n) is 1.08. The SMILES string of the molecule is COC(=O)N[C@@H](CS(=O)O)C(=O)O. The van der Waals surface area contributed by atoms with Crippen LogP contribution in [-0.2, 0) is 20.6 Å². The van der Waals surface area contributed by atoms with E-state index in [1.165, 1.54) is 0 Å². The van der Waals surface area contributed by atoms with Crippen molar-refractivity contribution < 1.29 is 28.2 Å². The maximum atomic E-state index is 10.5. The fraction of sp³-hybridized carbons (Fsp3) is 0.600. The summed E-state index contributed by atoms with van der Waals surface area (Å²) in [4.78, 5) is 20.9. The molecule has 0 fully saturated rings. The Morgan fingerprint density at radius 3 is 2.46 bits per heavy atom. The highest BCUT2D eigenvalue weighted by Gasteiger charge is 2.22. The quantitative estimate of drug-likeness (QED) is 0.515. The van der Waals surface area contributed by atoms with Crippen molar-refractivity contribution in [2.75, 3.05) is 12.9 Å². The van der Waals surface area contributed by atoms with Gasteiger partial charge in [-0.25, -0.2) is 13.8 Å². The molecule has 0 aromatic rings. The van der Waals surface area contributed by atoms with Crippen LogP contribution >= 0.6 is 0 Å². The predicted molar refractivity (Wildman–Crippen MR) is 42.6 cm³/mol. The van der Waals surface area contributed by atoms with E-state index in [1.807, 2.05) is 5.32 Å². The van der Waals surface area contributed by atoms with Crippen molar-refractivity contribution in [3.8, 4) is 0 Å². The predicted octanol–water partition coefficient (Wildman–Crippen LogP) is -0.983. The van der Waals surface area contributed by atoms with Gasteiger partial charge < -0.3 is 19.7 Å². The minimum absolute atomic E-state index is 0.579. The Hall–Kier alpha value is -1.15. The first-order valence-electron chi connectivity index (χ1n) is 3.12. The van der Waals surface area contributed by atoms with Gasteiger partial charge in [0.05, 0.1) is 12.9 Å². The second-order valence-corrected chi connectivity index (χ2v) is 2.99. The molecule has 0 bridgehead atoms. The van der Waals surface area contributed by atoms with E-state index in [1.54, 1.807) is 0 Å². The van der Waals surface area contributed by atoms with Crippen molar-refractivity contribution in [1.82, 2.24) is 5.32 Å². The number of carbonyl (C=O) groups excluding carboxylic acids is 1. The number of carboxylic acid groups (broad SMARTS) is 1. The van der Waals surface area contributed by atoms with Crippen molar-refractivity contribution >= 4 is 23.1 Å². The molecular weight excluding hydrogens is 202 g/mol. The van der Waals surface area contributed by atoms with Crippen LogP contribution in [0.3, 0.4) is 0 Å². The molecule has 0 aliphatic heterocycles. The van der Waals surface area contributed by atoms with E-state index in [0.29, 0.717) is 0 Å². The van der Waals surface area contributed by atoms with Gasteiger partial charge in [0.15, 0.2) is 11.1 Å². The highest BCUT2D eigenvalue weighted by Crippen LogP contribution is 1.89. The van der Waals surface area contributed by atoms with Crippen LogP contribution < -0.4 is 5.32 Å². The Labute approximate surface area is 76.4 Å². The fourth-order valence-electron chi connectivity index (χ4n) is 0.518. The zero-order valence-corrected chi connectivity index (χ0v) is 7.54. The molecule has 0 aliphatic carbocycles. The number of ether oxygens (including phenoxy) is 1. The molecule has 0 aliphatic rings. The highest BCUT2D eigenvalue weighted by atomic mass is 32.2. The summed E-state index contributed by atoms with van der Waals surface area (Å²) in [7, 11) is 1.06. The molecule has 13 heavy (non-hydrogen) atoms. The number of aliphatic carboxylic acids is 1. The first-order chi connectivity index (χ1) is 5.97. The molecule has 0 rings (SSSR count). The van der Waals surface area contributed by atoms with Gasteiger partial charge >= 0.3 is 12.1 Å². The van der Waals surface area contributed by atoms with Crippen LogP contribution in [0.4, 0.5) is 4.79 Å². The molecule has 2 atom stereocenters. The van der Waals surface area contributed by atoms with Crippen molar-refractivity contribution in [2.45, 2.75) is 6.04 Å². The third-order valence-corrected chi connectivity index (χ3v) is 1.70. The molecule has 0 heterocycles. The van der Waals surface area contributed by atoms with Gasteiger partial charge in [-0.15, -0.1) is 0 Å². The number of methoxy groups -OCH3 is 1. The van der Waals surface area contributed by atoms with Gasteiger partial charge in [0, 0.05) is 0 Å². The molecule has 0 radical (unpaired) electrons. The molecule has 7 nitrogen and oxygen atoms in total.